The van der Waals surface area contributed by atoms with E-state index in [-0.39, 0.29) is 13.7 Å². The van der Waals surface area contributed by atoms with E-state index in [4.69, 9.17) is 5.11 Å². The van der Waals surface area contributed by atoms with Crippen molar-refractivity contribution in [1.82, 2.24) is 4.81 Å². The van der Waals surface area contributed by atoms with Gasteiger partial charge in [-0.25, -0.2) is 0 Å². The van der Waals surface area contributed by atoms with E-state index in [1.165, 1.54) is 6.42 Å². The van der Waals surface area contributed by atoms with Crippen LogP contribution >= 0.6 is 0 Å². The Kier molecular flexibility index (Phi) is 4.05. The number of rotatable bonds is 3. The average molecular weight is 171 g/mol. The number of hydrogen-bond acceptors (Lipinski definition) is 3. The molecule has 0 aromatic heterocycles. The highest BCUT2D eigenvalue weighted by atomic mass is 16.3. The van der Waals surface area contributed by atoms with E-state index in [1.807, 2.05) is 0 Å². The SMILES string of the molecule is CB(O)N1CCCC(CCO)C1. The first-order chi connectivity index (χ1) is 5.74. The molecular weight excluding hydrogens is 153 g/mol. The largest absolute Gasteiger partial charge is 0.437 e. The van der Waals surface area contributed by atoms with Gasteiger partial charge in [-0.3, -0.25) is 0 Å². The summed E-state index contributed by atoms with van der Waals surface area (Å²) in [6.45, 7) is 4.03. The van der Waals surface area contributed by atoms with Gasteiger partial charge in [0.15, 0.2) is 0 Å². The summed E-state index contributed by atoms with van der Waals surface area (Å²) < 4.78 is 0. The highest BCUT2D eigenvalue weighted by Gasteiger charge is 2.23. The van der Waals surface area contributed by atoms with Crippen molar-refractivity contribution in [2.45, 2.75) is 26.1 Å². The van der Waals surface area contributed by atoms with Crippen LogP contribution in [0.3, 0.4) is 0 Å². The minimum Gasteiger partial charge on any atom is -0.437 e. The Hall–Kier alpha value is -0.0551. The molecule has 1 unspecified atom stereocenters. The standard InChI is InChI=1S/C8H18BNO2/c1-9(12)10-5-2-3-8(7-10)4-6-11/h8,11-12H,2-7H2,1H3. The second-order valence-electron chi connectivity index (χ2n) is 3.65. The lowest BCUT2D eigenvalue weighted by Gasteiger charge is -2.33. The Bertz CT molecular complexity index is 130. The van der Waals surface area contributed by atoms with E-state index < -0.39 is 0 Å². The molecule has 0 aromatic carbocycles. The van der Waals surface area contributed by atoms with Gasteiger partial charge in [-0.1, -0.05) is 0 Å². The normalized spacial score (nSPS) is 25.8. The predicted molar refractivity (Wildman–Crippen MR) is 49.8 cm³/mol. The third-order valence-electron chi connectivity index (χ3n) is 2.62. The maximum atomic E-state index is 9.33. The first-order valence-electron chi connectivity index (χ1n) is 4.77. The van der Waals surface area contributed by atoms with Crippen molar-refractivity contribution in [2.24, 2.45) is 5.92 Å². The Balaban J connectivity index is 2.30. The van der Waals surface area contributed by atoms with E-state index in [0.717, 1.165) is 25.9 Å². The van der Waals surface area contributed by atoms with E-state index in [9.17, 15) is 5.02 Å². The smallest absolute Gasteiger partial charge is 0.376 e. The lowest BCUT2D eigenvalue weighted by molar-refractivity contribution is 0.192. The van der Waals surface area contributed by atoms with Crippen LogP contribution < -0.4 is 0 Å². The average Bonchev–Trinajstić information content (AvgIpc) is 2.05. The zero-order chi connectivity index (χ0) is 8.97. The van der Waals surface area contributed by atoms with Crippen molar-refractivity contribution in [3.8, 4) is 0 Å². The van der Waals surface area contributed by atoms with Gasteiger partial charge >= 0.3 is 7.05 Å². The van der Waals surface area contributed by atoms with Gasteiger partial charge in [-0.15, -0.1) is 0 Å². The van der Waals surface area contributed by atoms with Crippen molar-refractivity contribution in [3.63, 3.8) is 0 Å². The molecule has 1 aliphatic rings. The number of aliphatic hydroxyl groups excluding tert-OH is 1. The molecule has 1 fully saturated rings. The van der Waals surface area contributed by atoms with Crippen LogP contribution in [0.15, 0.2) is 0 Å². The molecule has 0 bridgehead atoms. The van der Waals surface area contributed by atoms with Crippen LogP contribution in [0.25, 0.3) is 0 Å². The molecule has 4 heteroatoms. The van der Waals surface area contributed by atoms with E-state index in [2.05, 4.69) is 4.81 Å². The van der Waals surface area contributed by atoms with Gasteiger partial charge in [0, 0.05) is 6.61 Å². The lowest BCUT2D eigenvalue weighted by atomic mass is 9.80. The summed E-state index contributed by atoms with van der Waals surface area (Å²) in [6, 6.07) is 0. The third kappa shape index (κ3) is 2.77. The van der Waals surface area contributed by atoms with Crippen LogP contribution in [0.5, 0.6) is 0 Å². The predicted octanol–water partition coefficient (Wildman–Crippen LogP) is 0.191. The third-order valence-corrected chi connectivity index (χ3v) is 2.62. The number of piperidine rings is 1. The number of nitrogens with zero attached hydrogens (tertiary/aromatic N) is 1. The summed E-state index contributed by atoms with van der Waals surface area (Å²) in [5.74, 6) is 0.582. The Morgan fingerprint density at radius 2 is 2.33 bits per heavy atom. The summed E-state index contributed by atoms with van der Waals surface area (Å²) >= 11 is 0. The molecule has 0 saturated carbocycles. The van der Waals surface area contributed by atoms with Gasteiger partial charge in [0.2, 0.25) is 0 Å². The summed E-state index contributed by atoms with van der Waals surface area (Å²) in [7, 11) is -0.327. The van der Waals surface area contributed by atoms with Gasteiger partial charge in [-0.05, 0) is 45.1 Å². The molecule has 3 nitrogen and oxygen atoms in total. The molecule has 2 N–H and O–H groups in total. The lowest BCUT2D eigenvalue weighted by Crippen LogP contribution is -2.44. The van der Waals surface area contributed by atoms with Crippen LogP contribution in [0.4, 0.5) is 0 Å². The minimum atomic E-state index is -0.327. The molecular formula is C8H18BNO2. The molecule has 0 spiro atoms. The molecule has 1 atom stereocenters. The van der Waals surface area contributed by atoms with Crippen molar-refractivity contribution in [3.05, 3.63) is 0 Å². The summed E-state index contributed by atoms with van der Waals surface area (Å²) in [5.41, 5.74) is 0. The Morgan fingerprint density at radius 3 is 2.92 bits per heavy atom. The fourth-order valence-corrected chi connectivity index (χ4v) is 1.85. The Morgan fingerprint density at radius 1 is 1.58 bits per heavy atom. The van der Waals surface area contributed by atoms with Gasteiger partial charge < -0.3 is 14.9 Å². The molecule has 12 heavy (non-hydrogen) atoms. The fraction of sp³-hybridized carbons (Fsp3) is 1.00. The van der Waals surface area contributed by atoms with Crippen molar-refractivity contribution in [2.75, 3.05) is 19.7 Å². The first-order valence-corrected chi connectivity index (χ1v) is 4.77. The van der Waals surface area contributed by atoms with E-state index in [0.29, 0.717) is 5.92 Å². The molecule has 0 amide bonds. The zero-order valence-electron chi connectivity index (χ0n) is 7.74. The summed E-state index contributed by atoms with van der Waals surface area (Å²) in [4.78, 5) is 2.07. The monoisotopic (exact) mass is 171 g/mol. The van der Waals surface area contributed by atoms with E-state index >= 15 is 0 Å². The molecule has 0 radical (unpaired) electrons. The van der Waals surface area contributed by atoms with Crippen LogP contribution in [0, 0.1) is 5.92 Å². The molecule has 0 aliphatic carbocycles. The highest BCUT2D eigenvalue weighted by molar-refractivity contribution is 6.45. The minimum absolute atomic E-state index is 0.276. The van der Waals surface area contributed by atoms with Crippen molar-refractivity contribution < 1.29 is 10.1 Å². The Labute approximate surface area is 74.5 Å². The summed E-state index contributed by atoms with van der Waals surface area (Å²) in [5, 5.41) is 18.1. The van der Waals surface area contributed by atoms with Crippen LogP contribution in [-0.2, 0) is 0 Å². The quantitative estimate of drug-likeness (QED) is 0.595. The second-order valence-corrected chi connectivity index (χ2v) is 3.65. The maximum absolute atomic E-state index is 9.33. The van der Waals surface area contributed by atoms with Crippen molar-refractivity contribution in [1.29, 1.82) is 0 Å². The van der Waals surface area contributed by atoms with Crippen molar-refractivity contribution >= 4 is 7.05 Å². The zero-order valence-corrected chi connectivity index (χ0v) is 7.74. The van der Waals surface area contributed by atoms with Crippen LogP contribution in [0.1, 0.15) is 19.3 Å². The maximum Gasteiger partial charge on any atom is 0.376 e. The van der Waals surface area contributed by atoms with Gasteiger partial charge in [0.25, 0.3) is 0 Å². The first kappa shape index (κ1) is 10.0. The fourth-order valence-electron chi connectivity index (χ4n) is 1.85. The topological polar surface area (TPSA) is 43.7 Å². The molecule has 1 aliphatic heterocycles. The van der Waals surface area contributed by atoms with Crippen LogP contribution in [0.2, 0.25) is 6.82 Å². The highest BCUT2D eigenvalue weighted by Crippen LogP contribution is 2.19. The van der Waals surface area contributed by atoms with Gasteiger partial charge in [-0.2, -0.15) is 0 Å². The number of aliphatic hydroxyl groups is 1. The molecule has 0 aromatic rings. The molecule has 1 heterocycles. The summed E-state index contributed by atoms with van der Waals surface area (Å²) in [6.07, 6.45) is 3.22. The van der Waals surface area contributed by atoms with Crippen LogP contribution in [-0.4, -0.2) is 41.7 Å². The molecule has 1 rings (SSSR count). The second kappa shape index (κ2) is 4.85. The van der Waals surface area contributed by atoms with Gasteiger partial charge in [0.05, 0.1) is 0 Å². The number of hydrogen-bond donors (Lipinski definition) is 2. The molecule has 70 valence electrons. The molecule has 1 saturated heterocycles. The van der Waals surface area contributed by atoms with Gasteiger partial charge in [0.1, 0.15) is 0 Å². The van der Waals surface area contributed by atoms with E-state index in [1.54, 1.807) is 6.82 Å².